The fraction of sp³-hybridized carbons (Fsp3) is 0.900. The summed E-state index contributed by atoms with van der Waals surface area (Å²) in [6, 6.07) is 0. The molecule has 0 amide bonds. The third kappa shape index (κ3) is 6.79. The quantitative estimate of drug-likeness (QED) is 0.581. The zero-order chi connectivity index (χ0) is 12.6. The molecule has 0 atom stereocenters. The first kappa shape index (κ1) is 15.4. The smallest absolute Gasteiger partial charge is 0.306 e. The van der Waals surface area contributed by atoms with Crippen LogP contribution in [-0.4, -0.2) is 57.5 Å². The number of carbonyl (C=O) groups is 1. The van der Waals surface area contributed by atoms with Crippen molar-refractivity contribution < 1.29 is 17.9 Å². The predicted molar refractivity (Wildman–Crippen MR) is 63.1 cm³/mol. The van der Waals surface area contributed by atoms with Crippen LogP contribution in [0.5, 0.6) is 0 Å². The van der Waals surface area contributed by atoms with Crippen molar-refractivity contribution in [1.82, 2.24) is 4.90 Å². The third-order valence-corrected chi connectivity index (χ3v) is 4.15. The molecular formula is C10H21NO4S. The van der Waals surface area contributed by atoms with Gasteiger partial charge in [0.25, 0.3) is 0 Å². The fourth-order valence-electron chi connectivity index (χ4n) is 1.19. The number of esters is 1. The Balaban J connectivity index is 3.97. The van der Waals surface area contributed by atoms with Crippen molar-refractivity contribution in [3.8, 4) is 0 Å². The number of hydrogen-bond acceptors (Lipinski definition) is 5. The lowest BCUT2D eigenvalue weighted by atomic mass is 10.4. The summed E-state index contributed by atoms with van der Waals surface area (Å²) in [5, 5.41) is 0. The van der Waals surface area contributed by atoms with Crippen LogP contribution in [0, 0.1) is 0 Å². The van der Waals surface area contributed by atoms with E-state index in [-0.39, 0.29) is 17.5 Å². The molecule has 0 aromatic carbocycles. The summed E-state index contributed by atoms with van der Waals surface area (Å²) in [6.07, 6.45) is 0.302. The molecule has 0 radical (unpaired) electrons. The average molecular weight is 251 g/mol. The molecule has 0 aromatic heterocycles. The second kappa shape index (κ2) is 7.62. The zero-order valence-corrected chi connectivity index (χ0v) is 11.0. The van der Waals surface area contributed by atoms with Gasteiger partial charge in [0.15, 0.2) is 9.84 Å². The Bertz CT molecular complexity index is 300. The Kier molecular flexibility index (Phi) is 7.33. The van der Waals surface area contributed by atoms with Crippen LogP contribution in [0.3, 0.4) is 0 Å². The van der Waals surface area contributed by atoms with Gasteiger partial charge < -0.3 is 9.64 Å². The van der Waals surface area contributed by atoms with Crippen molar-refractivity contribution in [1.29, 1.82) is 0 Å². The Hall–Kier alpha value is -0.620. The monoisotopic (exact) mass is 251 g/mol. The van der Waals surface area contributed by atoms with Gasteiger partial charge in [-0.25, -0.2) is 8.42 Å². The highest BCUT2D eigenvalue weighted by atomic mass is 32.2. The second-order valence-electron chi connectivity index (χ2n) is 3.50. The molecule has 0 bridgehead atoms. The molecule has 0 saturated carbocycles. The lowest BCUT2D eigenvalue weighted by Crippen LogP contribution is -2.31. The minimum absolute atomic E-state index is 0.151. The van der Waals surface area contributed by atoms with Crippen LogP contribution >= 0.6 is 0 Å². The van der Waals surface area contributed by atoms with Gasteiger partial charge in [-0.05, 0) is 6.54 Å². The summed E-state index contributed by atoms with van der Waals surface area (Å²) in [4.78, 5) is 12.9. The molecule has 0 aliphatic carbocycles. The van der Waals surface area contributed by atoms with Crippen LogP contribution in [0.25, 0.3) is 0 Å². The summed E-state index contributed by atoms with van der Waals surface area (Å²) >= 11 is 0. The summed E-state index contributed by atoms with van der Waals surface area (Å²) in [5.74, 6) is 0.0527. The molecule has 96 valence electrons. The number of ether oxygens (including phenoxy) is 1. The lowest BCUT2D eigenvalue weighted by Gasteiger charge is -2.19. The van der Waals surface area contributed by atoms with E-state index in [2.05, 4.69) is 4.74 Å². The van der Waals surface area contributed by atoms with Gasteiger partial charge in [0.1, 0.15) is 0 Å². The maximum Gasteiger partial charge on any atom is 0.306 e. The summed E-state index contributed by atoms with van der Waals surface area (Å²) in [7, 11) is -1.58. The summed E-state index contributed by atoms with van der Waals surface area (Å²) in [6.45, 7) is 5.33. The molecule has 6 heteroatoms. The average Bonchev–Trinajstić information content (AvgIpc) is 2.28. The van der Waals surface area contributed by atoms with E-state index in [1.54, 1.807) is 6.92 Å². The standard InChI is InChI=1S/C10H21NO4S/c1-4-11(7-6-10(12)15-3)8-9-16(13,14)5-2/h4-9H2,1-3H3. The van der Waals surface area contributed by atoms with E-state index in [1.165, 1.54) is 7.11 Å². The first-order valence-corrected chi connectivity index (χ1v) is 7.26. The van der Waals surface area contributed by atoms with Gasteiger partial charge >= 0.3 is 5.97 Å². The molecule has 0 heterocycles. The van der Waals surface area contributed by atoms with Crippen molar-refractivity contribution in [2.24, 2.45) is 0 Å². The fourth-order valence-corrected chi connectivity index (χ4v) is 2.02. The molecule has 0 rings (SSSR count). The molecule has 16 heavy (non-hydrogen) atoms. The molecular weight excluding hydrogens is 230 g/mol. The maximum absolute atomic E-state index is 11.3. The number of methoxy groups -OCH3 is 1. The van der Waals surface area contributed by atoms with E-state index in [0.29, 0.717) is 19.5 Å². The van der Waals surface area contributed by atoms with Gasteiger partial charge in [0.2, 0.25) is 0 Å². The molecule has 0 N–H and O–H groups in total. The van der Waals surface area contributed by atoms with Crippen molar-refractivity contribution >= 4 is 15.8 Å². The summed E-state index contributed by atoms with van der Waals surface area (Å²) in [5.41, 5.74) is 0. The van der Waals surface area contributed by atoms with Gasteiger partial charge in [0, 0.05) is 18.8 Å². The molecule has 0 aliphatic heterocycles. The molecule has 0 saturated heterocycles. The van der Waals surface area contributed by atoms with Crippen LogP contribution in [0.2, 0.25) is 0 Å². The Morgan fingerprint density at radius 2 is 1.88 bits per heavy atom. The van der Waals surface area contributed by atoms with Gasteiger partial charge in [-0.3, -0.25) is 4.79 Å². The van der Waals surface area contributed by atoms with E-state index in [4.69, 9.17) is 0 Å². The van der Waals surface area contributed by atoms with E-state index in [1.807, 2.05) is 11.8 Å². The molecule has 0 unspecified atom stereocenters. The number of sulfone groups is 1. The van der Waals surface area contributed by atoms with Gasteiger partial charge in [-0.15, -0.1) is 0 Å². The van der Waals surface area contributed by atoms with Crippen LogP contribution < -0.4 is 0 Å². The first-order chi connectivity index (χ1) is 7.45. The van der Waals surface area contributed by atoms with Gasteiger partial charge in [-0.2, -0.15) is 0 Å². The number of carbonyl (C=O) groups excluding carboxylic acids is 1. The van der Waals surface area contributed by atoms with E-state index in [9.17, 15) is 13.2 Å². The molecule has 5 nitrogen and oxygen atoms in total. The maximum atomic E-state index is 11.3. The largest absolute Gasteiger partial charge is 0.469 e. The minimum Gasteiger partial charge on any atom is -0.469 e. The van der Waals surface area contributed by atoms with Crippen LogP contribution in [0.15, 0.2) is 0 Å². The summed E-state index contributed by atoms with van der Waals surface area (Å²) < 4.78 is 27.1. The van der Waals surface area contributed by atoms with Gasteiger partial charge in [-0.1, -0.05) is 13.8 Å². The SMILES string of the molecule is CCN(CCC(=O)OC)CCS(=O)(=O)CC. The van der Waals surface area contributed by atoms with Crippen LogP contribution in [0.4, 0.5) is 0 Å². The highest BCUT2D eigenvalue weighted by molar-refractivity contribution is 7.91. The van der Waals surface area contributed by atoms with E-state index < -0.39 is 9.84 Å². The van der Waals surface area contributed by atoms with Crippen LogP contribution in [0.1, 0.15) is 20.3 Å². The Morgan fingerprint density at radius 3 is 2.31 bits per heavy atom. The van der Waals surface area contributed by atoms with Crippen LogP contribution in [-0.2, 0) is 19.4 Å². The molecule has 0 aromatic rings. The third-order valence-electron chi connectivity index (χ3n) is 2.47. The highest BCUT2D eigenvalue weighted by Crippen LogP contribution is 1.96. The van der Waals surface area contributed by atoms with E-state index in [0.717, 1.165) is 6.54 Å². The van der Waals surface area contributed by atoms with Crippen molar-refractivity contribution in [3.05, 3.63) is 0 Å². The molecule has 0 spiro atoms. The minimum atomic E-state index is -2.93. The lowest BCUT2D eigenvalue weighted by molar-refractivity contribution is -0.140. The molecule has 0 aliphatic rings. The van der Waals surface area contributed by atoms with Gasteiger partial charge in [0.05, 0.1) is 19.3 Å². The number of nitrogens with zero attached hydrogens (tertiary/aromatic N) is 1. The predicted octanol–water partition coefficient (Wildman–Crippen LogP) is 0.306. The van der Waals surface area contributed by atoms with Crippen molar-refractivity contribution in [3.63, 3.8) is 0 Å². The second-order valence-corrected chi connectivity index (χ2v) is 5.97. The Morgan fingerprint density at radius 1 is 1.25 bits per heavy atom. The topological polar surface area (TPSA) is 63.7 Å². The number of rotatable bonds is 8. The highest BCUT2D eigenvalue weighted by Gasteiger charge is 2.11. The van der Waals surface area contributed by atoms with Crippen molar-refractivity contribution in [2.75, 3.05) is 38.2 Å². The van der Waals surface area contributed by atoms with Crippen molar-refractivity contribution in [2.45, 2.75) is 20.3 Å². The van der Waals surface area contributed by atoms with E-state index >= 15 is 0 Å². The Labute approximate surface area is 97.7 Å². The molecule has 0 fully saturated rings. The normalized spacial score (nSPS) is 11.8. The number of hydrogen-bond donors (Lipinski definition) is 0. The zero-order valence-electron chi connectivity index (χ0n) is 10.2. The first-order valence-electron chi connectivity index (χ1n) is 5.44.